The standard InChI is InChI=1S/C39H29N3/c1-42-36-26-32(40-38(28-14-6-2-7-15-28)29-16-8-3-9-17-29)22-24-34(36)35-25-23-33(27-37(35)42)41-39(30-18-10-4-11-19-30)31-20-12-5-13-21-31/h2-27H,1H3. The van der Waals surface area contributed by atoms with Gasteiger partial charge in [0.2, 0.25) is 0 Å². The zero-order valence-electron chi connectivity index (χ0n) is 23.4. The van der Waals surface area contributed by atoms with Crippen molar-refractivity contribution >= 4 is 44.6 Å². The SMILES string of the molecule is Cn1c2cc(N=C(c3ccccc3)c3ccccc3)ccc2c2ccc(N=C(c3ccccc3)c3ccccc3)cc21. The van der Waals surface area contributed by atoms with Crippen LogP contribution >= 0.6 is 0 Å². The zero-order valence-corrected chi connectivity index (χ0v) is 23.4. The Hall–Kier alpha value is -5.54. The Morgan fingerprint density at radius 3 is 1.02 bits per heavy atom. The molecule has 1 aromatic heterocycles. The number of aliphatic imine (C=N–C) groups is 2. The van der Waals surface area contributed by atoms with Crippen LogP contribution in [0, 0.1) is 0 Å². The number of hydrogen-bond donors (Lipinski definition) is 0. The van der Waals surface area contributed by atoms with Gasteiger partial charge in [-0.3, -0.25) is 0 Å². The Labute approximate surface area is 245 Å². The first-order valence-electron chi connectivity index (χ1n) is 14.2. The number of rotatable bonds is 6. The van der Waals surface area contributed by atoms with Crippen molar-refractivity contribution in [1.82, 2.24) is 4.57 Å². The second-order valence-electron chi connectivity index (χ2n) is 10.3. The van der Waals surface area contributed by atoms with Crippen LogP contribution in [0.15, 0.2) is 168 Å². The van der Waals surface area contributed by atoms with Crippen molar-refractivity contribution < 1.29 is 0 Å². The number of benzene rings is 6. The Bertz CT molecular complexity index is 1820. The summed E-state index contributed by atoms with van der Waals surface area (Å²) in [7, 11) is 2.12. The lowest BCUT2D eigenvalue weighted by molar-refractivity contribution is 1.01. The largest absolute Gasteiger partial charge is 0.343 e. The molecule has 3 heteroatoms. The first-order valence-corrected chi connectivity index (χ1v) is 14.2. The van der Waals surface area contributed by atoms with Crippen LogP contribution in [0.25, 0.3) is 21.8 Å². The van der Waals surface area contributed by atoms with Crippen LogP contribution < -0.4 is 0 Å². The topological polar surface area (TPSA) is 29.6 Å². The van der Waals surface area contributed by atoms with Gasteiger partial charge >= 0.3 is 0 Å². The van der Waals surface area contributed by atoms with E-state index in [-0.39, 0.29) is 0 Å². The van der Waals surface area contributed by atoms with E-state index >= 15 is 0 Å². The van der Waals surface area contributed by atoms with E-state index in [1.807, 2.05) is 24.3 Å². The summed E-state index contributed by atoms with van der Waals surface area (Å²) in [5.74, 6) is 0. The van der Waals surface area contributed by atoms with Gasteiger partial charge in [-0.1, -0.05) is 133 Å². The maximum absolute atomic E-state index is 5.17. The average molecular weight is 540 g/mol. The zero-order chi connectivity index (χ0) is 28.3. The molecule has 7 rings (SSSR count). The van der Waals surface area contributed by atoms with Gasteiger partial charge in [0.25, 0.3) is 0 Å². The molecule has 6 aromatic carbocycles. The molecule has 0 fully saturated rings. The van der Waals surface area contributed by atoms with Gasteiger partial charge < -0.3 is 4.57 Å². The number of hydrogen-bond acceptors (Lipinski definition) is 2. The molecule has 0 N–H and O–H groups in total. The molecule has 3 nitrogen and oxygen atoms in total. The van der Waals surface area contributed by atoms with E-state index in [1.54, 1.807) is 0 Å². The number of fused-ring (bicyclic) bond motifs is 3. The van der Waals surface area contributed by atoms with E-state index in [1.165, 1.54) is 10.8 Å². The van der Waals surface area contributed by atoms with Crippen molar-refractivity contribution in [3.8, 4) is 0 Å². The lowest BCUT2D eigenvalue weighted by Gasteiger charge is -2.08. The Balaban J connectivity index is 1.34. The molecule has 0 saturated heterocycles. The maximum atomic E-state index is 5.17. The number of nitrogens with zero attached hydrogens (tertiary/aromatic N) is 3. The van der Waals surface area contributed by atoms with Crippen molar-refractivity contribution in [2.45, 2.75) is 0 Å². The van der Waals surface area contributed by atoms with E-state index in [0.29, 0.717) is 0 Å². The third-order valence-corrected chi connectivity index (χ3v) is 7.65. The summed E-state index contributed by atoms with van der Waals surface area (Å²) in [5, 5.41) is 2.41. The van der Waals surface area contributed by atoms with E-state index in [0.717, 1.165) is 56.1 Å². The minimum atomic E-state index is 0.921. The van der Waals surface area contributed by atoms with Gasteiger partial charge in [-0.2, -0.15) is 0 Å². The summed E-state index contributed by atoms with van der Waals surface area (Å²) in [6.07, 6.45) is 0. The number of aromatic nitrogens is 1. The molecule has 0 radical (unpaired) electrons. The fourth-order valence-corrected chi connectivity index (χ4v) is 5.55. The Morgan fingerprint density at radius 1 is 0.405 bits per heavy atom. The van der Waals surface area contributed by atoms with Crippen LogP contribution in [-0.4, -0.2) is 16.0 Å². The highest BCUT2D eigenvalue weighted by atomic mass is 14.9. The third kappa shape index (κ3) is 4.93. The van der Waals surface area contributed by atoms with Crippen LogP contribution in [0.3, 0.4) is 0 Å². The summed E-state index contributed by atoms with van der Waals surface area (Å²) in [6, 6.07) is 54.5. The second kappa shape index (κ2) is 11.1. The van der Waals surface area contributed by atoms with Gasteiger partial charge in [-0.05, 0) is 24.3 Å². The normalized spacial score (nSPS) is 11.0. The highest BCUT2D eigenvalue weighted by Crippen LogP contribution is 2.34. The molecule has 7 aromatic rings. The summed E-state index contributed by atoms with van der Waals surface area (Å²) >= 11 is 0. The minimum absolute atomic E-state index is 0.921. The molecular weight excluding hydrogens is 510 g/mol. The summed E-state index contributed by atoms with van der Waals surface area (Å²) in [6.45, 7) is 0. The second-order valence-corrected chi connectivity index (χ2v) is 10.3. The number of aryl methyl sites for hydroxylation is 1. The molecule has 200 valence electrons. The van der Waals surface area contributed by atoms with E-state index < -0.39 is 0 Å². The van der Waals surface area contributed by atoms with Crippen molar-refractivity contribution in [3.63, 3.8) is 0 Å². The predicted octanol–water partition coefficient (Wildman–Crippen LogP) is 9.67. The summed E-state index contributed by atoms with van der Waals surface area (Å²) in [5.41, 5.74) is 10.4. The molecule has 0 unspecified atom stereocenters. The fourth-order valence-electron chi connectivity index (χ4n) is 5.55. The van der Waals surface area contributed by atoms with E-state index in [9.17, 15) is 0 Å². The average Bonchev–Trinajstić information content (AvgIpc) is 3.34. The van der Waals surface area contributed by atoms with Crippen LogP contribution in [0.2, 0.25) is 0 Å². The van der Waals surface area contributed by atoms with Gasteiger partial charge in [0.15, 0.2) is 0 Å². The monoisotopic (exact) mass is 539 g/mol. The first kappa shape index (κ1) is 25.4. The molecule has 0 spiro atoms. The van der Waals surface area contributed by atoms with E-state index in [4.69, 9.17) is 9.98 Å². The molecule has 1 heterocycles. The summed E-state index contributed by atoms with van der Waals surface area (Å²) in [4.78, 5) is 10.3. The molecular formula is C39H29N3. The fraction of sp³-hybridized carbons (Fsp3) is 0.0256. The van der Waals surface area contributed by atoms with Crippen LogP contribution in [0.4, 0.5) is 11.4 Å². The van der Waals surface area contributed by atoms with E-state index in [2.05, 4.69) is 145 Å². The van der Waals surface area contributed by atoms with Gasteiger partial charge in [-0.25, -0.2) is 9.98 Å². The molecule has 0 amide bonds. The van der Waals surface area contributed by atoms with Crippen molar-refractivity contribution in [1.29, 1.82) is 0 Å². The minimum Gasteiger partial charge on any atom is -0.343 e. The van der Waals surface area contributed by atoms with Crippen LogP contribution in [0.5, 0.6) is 0 Å². The Kier molecular flexibility index (Phi) is 6.75. The smallest absolute Gasteiger partial charge is 0.0781 e. The van der Waals surface area contributed by atoms with Crippen LogP contribution in [-0.2, 0) is 7.05 Å². The molecule has 0 aliphatic carbocycles. The third-order valence-electron chi connectivity index (χ3n) is 7.65. The first-order chi connectivity index (χ1) is 20.7. The van der Waals surface area contributed by atoms with Crippen LogP contribution in [0.1, 0.15) is 22.3 Å². The maximum Gasteiger partial charge on any atom is 0.0781 e. The molecule has 42 heavy (non-hydrogen) atoms. The highest BCUT2D eigenvalue weighted by Gasteiger charge is 2.13. The van der Waals surface area contributed by atoms with Crippen molar-refractivity contribution in [2.24, 2.45) is 17.0 Å². The predicted molar refractivity (Wildman–Crippen MR) is 177 cm³/mol. The molecule has 0 atom stereocenters. The molecule has 0 saturated carbocycles. The Morgan fingerprint density at radius 2 is 0.714 bits per heavy atom. The van der Waals surface area contributed by atoms with Gasteiger partial charge in [0.05, 0.1) is 33.8 Å². The van der Waals surface area contributed by atoms with Crippen molar-refractivity contribution in [2.75, 3.05) is 0 Å². The van der Waals surface area contributed by atoms with Crippen molar-refractivity contribution in [3.05, 3.63) is 180 Å². The quantitative estimate of drug-likeness (QED) is 0.188. The lowest BCUT2D eigenvalue weighted by Crippen LogP contribution is -2.02. The summed E-state index contributed by atoms with van der Waals surface area (Å²) < 4.78 is 2.25. The van der Waals surface area contributed by atoms with Gasteiger partial charge in [0.1, 0.15) is 0 Å². The van der Waals surface area contributed by atoms with Gasteiger partial charge in [0, 0.05) is 40.1 Å². The lowest BCUT2D eigenvalue weighted by atomic mass is 10.0. The van der Waals surface area contributed by atoms with Gasteiger partial charge in [-0.15, -0.1) is 0 Å². The molecule has 0 aliphatic rings. The molecule has 0 bridgehead atoms. The highest BCUT2D eigenvalue weighted by molar-refractivity contribution is 6.16. The molecule has 0 aliphatic heterocycles.